The maximum atomic E-state index is 14.3. The Morgan fingerprint density at radius 1 is 1.02 bits per heavy atom. The Balaban J connectivity index is 1.23. The van der Waals surface area contributed by atoms with Gasteiger partial charge in [-0.25, -0.2) is 9.88 Å². The zero-order valence-corrected chi connectivity index (χ0v) is 26.1. The largest absolute Gasteiger partial charge is 0.375 e. The van der Waals surface area contributed by atoms with Crippen LogP contribution >= 0.6 is 23.2 Å². The van der Waals surface area contributed by atoms with Crippen LogP contribution in [0.15, 0.2) is 73.1 Å². The quantitative estimate of drug-likeness (QED) is 0.287. The number of nitrogens with one attached hydrogen (secondary N) is 2. The third-order valence-corrected chi connectivity index (χ3v) is 9.25. The van der Waals surface area contributed by atoms with E-state index in [2.05, 4.69) is 26.7 Å². The molecule has 2 N–H and O–H groups in total. The average Bonchev–Trinajstić information content (AvgIpc) is 3.61. The molecule has 1 atom stereocenters. The summed E-state index contributed by atoms with van der Waals surface area (Å²) in [4.78, 5) is 52.5. The van der Waals surface area contributed by atoms with Gasteiger partial charge >= 0.3 is 0 Å². The first-order valence-corrected chi connectivity index (χ1v) is 15.4. The number of aromatic nitrogens is 3. The molecule has 2 aromatic carbocycles. The molecule has 2 fully saturated rings. The number of rotatable bonds is 8. The molecular weight excluding hydrogens is 629 g/mol. The fourth-order valence-electron chi connectivity index (χ4n) is 6.12. The second kappa shape index (κ2) is 10.9. The topological polar surface area (TPSA) is 142 Å². The van der Waals surface area contributed by atoms with Gasteiger partial charge in [-0.1, -0.05) is 41.4 Å². The van der Waals surface area contributed by atoms with Crippen LogP contribution in [0.1, 0.15) is 47.1 Å². The SMILES string of the molecule is C[C@@]1(Cc2ccc(C#N)cc2)C(=O)N(c2cc(Cl)cc(Cl)c2)c2ncc(C(=O)NC3(C(=O)NC4(c5ccccn5)CC4)COC3)n21. The van der Waals surface area contributed by atoms with Crippen molar-refractivity contribution in [2.24, 2.45) is 0 Å². The third kappa shape index (κ3) is 4.90. The van der Waals surface area contributed by atoms with Gasteiger partial charge in [-0.2, -0.15) is 5.26 Å². The van der Waals surface area contributed by atoms with E-state index in [-0.39, 0.29) is 43.1 Å². The van der Waals surface area contributed by atoms with Gasteiger partial charge in [0.05, 0.1) is 48.0 Å². The molecule has 0 unspecified atom stereocenters. The summed E-state index contributed by atoms with van der Waals surface area (Å²) in [6, 6.07) is 19.3. The van der Waals surface area contributed by atoms with Crippen molar-refractivity contribution in [3.8, 4) is 6.07 Å². The van der Waals surface area contributed by atoms with Gasteiger partial charge in [0.1, 0.15) is 11.2 Å². The van der Waals surface area contributed by atoms with Crippen LogP contribution in [0, 0.1) is 11.3 Å². The van der Waals surface area contributed by atoms with Crippen LogP contribution in [0.4, 0.5) is 11.6 Å². The van der Waals surface area contributed by atoms with Crippen LogP contribution in [0.25, 0.3) is 0 Å². The normalized spacial score (nSPS) is 20.3. The van der Waals surface area contributed by atoms with Crippen LogP contribution in [0.3, 0.4) is 0 Å². The Morgan fingerprint density at radius 2 is 1.74 bits per heavy atom. The zero-order valence-electron chi connectivity index (χ0n) is 24.6. The van der Waals surface area contributed by atoms with Crippen LogP contribution in [-0.2, 0) is 31.8 Å². The molecule has 1 saturated heterocycles. The number of halogens is 2. The molecule has 3 amide bonds. The van der Waals surface area contributed by atoms with E-state index in [0.717, 1.165) is 24.1 Å². The van der Waals surface area contributed by atoms with Crippen LogP contribution in [0.5, 0.6) is 0 Å². The molecule has 13 heteroatoms. The van der Waals surface area contributed by atoms with Crippen molar-refractivity contribution in [3.63, 3.8) is 0 Å². The molecule has 3 aliphatic rings. The second-order valence-electron chi connectivity index (χ2n) is 12.1. The number of nitrogens with zero attached hydrogens (tertiary/aromatic N) is 5. The highest BCUT2D eigenvalue weighted by Crippen LogP contribution is 2.46. The monoisotopic (exact) mass is 655 g/mol. The average molecular weight is 657 g/mol. The van der Waals surface area contributed by atoms with Gasteiger partial charge in [0.2, 0.25) is 5.95 Å². The molecule has 0 bridgehead atoms. The smallest absolute Gasteiger partial charge is 0.270 e. The predicted molar refractivity (Wildman–Crippen MR) is 169 cm³/mol. The lowest BCUT2D eigenvalue weighted by atomic mass is 9.91. The number of amides is 3. The number of carbonyl (C=O) groups is 3. The van der Waals surface area contributed by atoms with E-state index in [0.29, 0.717) is 21.3 Å². The van der Waals surface area contributed by atoms with Gasteiger partial charge in [0, 0.05) is 22.7 Å². The highest BCUT2D eigenvalue weighted by Gasteiger charge is 2.55. The maximum Gasteiger partial charge on any atom is 0.270 e. The summed E-state index contributed by atoms with van der Waals surface area (Å²) >= 11 is 12.6. The van der Waals surface area contributed by atoms with Crippen molar-refractivity contribution in [3.05, 3.63) is 106 Å². The molecule has 4 aromatic rings. The summed E-state index contributed by atoms with van der Waals surface area (Å²) in [5.74, 6) is -1.13. The van der Waals surface area contributed by atoms with Crippen molar-refractivity contribution >= 4 is 52.6 Å². The Hall–Kier alpha value is -4.76. The standard InChI is InChI=1S/C33H27Cl2N7O4/c1-31(15-20-5-7-21(16-36)8-6-20)29(45)41(24-13-22(34)12-23(35)14-24)30-38-17-25(42(30)31)27(43)39-33(18-46-19-33)28(44)40-32(9-10-32)26-4-2-3-11-37-26/h2-8,11-14,17H,9-10,15,18-19H2,1H3,(H,39,43)(H,40,44)/t31-/m1/s1. The lowest BCUT2D eigenvalue weighted by Gasteiger charge is -2.41. The summed E-state index contributed by atoms with van der Waals surface area (Å²) in [6.07, 6.45) is 4.70. The van der Waals surface area contributed by atoms with Gasteiger partial charge in [-0.05, 0) is 67.8 Å². The van der Waals surface area contributed by atoms with Gasteiger partial charge in [0.15, 0.2) is 5.54 Å². The number of hydrogen-bond acceptors (Lipinski definition) is 7. The number of carbonyl (C=O) groups excluding carboxylic acids is 3. The van der Waals surface area contributed by atoms with Crippen molar-refractivity contribution < 1.29 is 19.1 Å². The zero-order chi connectivity index (χ0) is 32.3. The van der Waals surface area contributed by atoms with E-state index in [1.54, 1.807) is 60.2 Å². The molecule has 232 valence electrons. The Morgan fingerprint density at radius 3 is 2.33 bits per heavy atom. The van der Waals surface area contributed by atoms with E-state index >= 15 is 0 Å². The minimum Gasteiger partial charge on any atom is -0.375 e. The summed E-state index contributed by atoms with van der Waals surface area (Å²) in [7, 11) is 0. The molecular formula is C33H27Cl2N7O4. The fourth-order valence-corrected chi connectivity index (χ4v) is 6.64. The first kappa shape index (κ1) is 29.9. The van der Waals surface area contributed by atoms with Crippen molar-refractivity contribution in [2.45, 2.75) is 42.8 Å². The Labute approximate surface area is 274 Å². The number of hydrogen-bond donors (Lipinski definition) is 2. The van der Waals surface area contributed by atoms with E-state index in [1.165, 1.54) is 11.1 Å². The molecule has 0 radical (unpaired) electrons. The molecule has 1 saturated carbocycles. The van der Waals surface area contributed by atoms with E-state index < -0.39 is 22.5 Å². The van der Waals surface area contributed by atoms with E-state index in [1.807, 2.05) is 18.2 Å². The maximum absolute atomic E-state index is 14.3. The van der Waals surface area contributed by atoms with Crippen LogP contribution in [-0.4, -0.2) is 51.0 Å². The summed E-state index contributed by atoms with van der Waals surface area (Å²) in [6.45, 7) is 1.69. The first-order chi connectivity index (χ1) is 22.1. The minimum atomic E-state index is -1.33. The number of ether oxygens (including phenoxy) is 1. The molecule has 2 aromatic heterocycles. The number of fused-ring (bicyclic) bond motifs is 1. The number of benzene rings is 2. The highest BCUT2D eigenvalue weighted by molar-refractivity contribution is 6.35. The molecule has 4 heterocycles. The van der Waals surface area contributed by atoms with Crippen LogP contribution in [0.2, 0.25) is 10.0 Å². The van der Waals surface area contributed by atoms with E-state index in [9.17, 15) is 19.6 Å². The lowest BCUT2D eigenvalue weighted by molar-refractivity contribution is -0.148. The molecule has 11 nitrogen and oxygen atoms in total. The highest BCUT2D eigenvalue weighted by atomic mass is 35.5. The number of pyridine rings is 1. The third-order valence-electron chi connectivity index (χ3n) is 8.81. The molecule has 7 rings (SSSR count). The summed E-state index contributed by atoms with van der Waals surface area (Å²) in [5.41, 5.74) is -0.766. The molecule has 0 spiro atoms. The van der Waals surface area contributed by atoms with Gasteiger partial charge in [0.25, 0.3) is 17.7 Å². The Kier molecular flexibility index (Phi) is 7.12. The lowest BCUT2D eigenvalue weighted by Crippen LogP contribution is -2.71. The van der Waals surface area contributed by atoms with Crippen molar-refractivity contribution in [1.29, 1.82) is 5.26 Å². The van der Waals surface area contributed by atoms with Crippen LogP contribution < -0.4 is 15.5 Å². The van der Waals surface area contributed by atoms with Crippen molar-refractivity contribution in [1.82, 2.24) is 25.2 Å². The minimum absolute atomic E-state index is 0.0154. The second-order valence-corrected chi connectivity index (χ2v) is 13.0. The Bertz CT molecular complexity index is 1910. The van der Waals surface area contributed by atoms with Gasteiger partial charge in [-0.3, -0.25) is 23.9 Å². The number of anilines is 2. The van der Waals surface area contributed by atoms with E-state index in [4.69, 9.17) is 27.9 Å². The number of imidazole rings is 1. The van der Waals surface area contributed by atoms with Gasteiger partial charge in [-0.15, -0.1) is 0 Å². The molecule has 2 aliphatic heterocycles. The molecule has 46 heavy (non-hydrogen) atoms. The predicted octanol–water partition coefficient (Wildman–Crippen LogP) is 4.40. The summed E-state index contributed by atoms with van der Waals surface area (Å²) < 4.78 is 7.02. The first-order valence-electron chi connectivity index (χ1n) is 14.6. The number of nitriles is 1. The summed E-state index contributed by atoms with van der Waals surface area (Å²) in [5, 5.41) is 15.9. The van der Waals surface area contributed by atoms with Crippen molar-refractivity contribution in [2.75, 3.05) is 18.1 Å². The van der Waals surface area contributed by atoms with Gasteiger partial charge < -0.3 is 15.4 Å². The fraction of sp³-hybridized carbons (Fsp3) is 0.273. The molecule has 1 aliphatic carbocycles.